The van der Waals surface area contributed by atoms with Crippen LogP contribution in [0.5, 0.6) is 5.75 Å². The quantitative estimate of drug-likeness (QED) is 0.336. The lowest BCUT2D eigenvalue weighted by Gasteiger charge is -2.62. The lowest BCUT2D eigenvalue weighted by Crippen LogP contribution is -2.73. The number of ether oxygens (including phenoxy) is 1. The summed E-state index contributed by atoms with van der Waals surface area (Å²) in [7, 11) is 1.88. The molecular formula is C32H43Cl2N2O3+. The summed E-state index contributed by atoms with van der Waals surface area (Å²) in [4.78, 5) is 13.2. The van der Waals surface area contributed by atoms with Crippen molar-refractivity contribution >= 4 is 29.1 Å². The number of aromatic hydroxyl groups is 1. The molecule has 3 fully saturated rings. The summed E-state index contributed by atoms with van der Waals surface area (Å²) >= 11 is 12.3. The second-order valence-electron chi connectivity index (χ2n) is 12.9. The Kier molecular flexibility index (Phi) is 8.28. The summed E-state index contributed by atoms with van der Waals surface area (Å²) in [5.41, 5.74) is 1.33. The van der Waals surface area contributed by atoms with Crippen LogP contribution in [0.15, 0.2) is 42.5 Å². The Morgan fingerprint density at radius 1 is 1.13 bits per heavy atom. The van der Waals surface area contributed by atoms with E-state index in [1.54, 1.807) is 18.2 Å². The third-order valence-electron chi connectivity index (χ3n) is 9.57. The van der Waals surface area contributed by atoms with Gasteiger partial charge in [-0.25, -0.2) is 0 Å². The number of hydrogen-bond donors (Lipinski definition) is 2. The summed E-state index contributed by atoms with van der Waals surface area (Å²) in [5.74, 6) is 1.72. The Hall–Kier alpha value is -1.79. The first-order valence-electron chi connectivity index (χ1n) is 14.5. The van der Waals surface area contributed by atoms with Crippen LogP contribution in [0.4, 0.5) is 0 Å². The van der Waals surface area contributed by atoms with E-state index in [1.165, 1.54) is 25.9 Å². The van der Waals surface area contributed by atoms with Crippen molar-refractivity contribution < 1.29 is 19.1 Å². The summed E-state index contributed by atoms with van der Waals surface area (Å²) in [6.45, 7) is 9.16. The number of likely N-dealkylation sites (tertiary alicyclic amines) is 1. The number of hydrogen-bond acceptors (Lipinski definition) is 3. The van der Waals surface area contributed by atoms with E-state index in [4.69, 9.17) is 27.9 Å². The van der Waals surface area contributed by atoms with E-state index in [1.807, 2.05) is 25.3 Å². The molecule has 2 aromatic carbocycles. The van der Waals surface area contributed by atoms with Gasteiger partial charge in [-0.2, -0.15) is 0 Å². The highest BCUT2D eigenvalue weighted by molar-refractivity contribution is 6.42. The van der Waals surface area contributed by atoms with Crippen molar-refractivity contribution in [2.24, 2.45) is 11.8 Å². The number of fused-ring (bicyclic) bond motifs is 1. The third kappa shape index (κ3) is 5.98. The zero-order chi connectivity index (χ0) is 27.8. The molecule has 0 radical (unpaired) electrons. The zero-order valence-corrected chi connectivity index (χ0v) is 25.0. The van der Waals surface area contributed by atoms with Crippen molar-refractivity contribution in [1.29, 1.82) is 0 Å². The highest BCUT2D eigenvalue weighted by Crippen LogP contribution is 2.56. The Balaban J connectivity index is 1.43. The van der Waals surface area contributed by atoms with Crippen LogP contribution in [-0.2, 0) is 21.4 Å². The normalized spacial score (nSPS) is 30.7. The molecule has 212 valence electrons. The largest absolute Gasteiger partial charge is 0.508 e. The molecule has 2 aromatic rings. The van der Waals surface area contributed by atoms with E-state index >= 15 is 0 Å². The minimum atomic E-state index is -0.353. The molecule has 5 rings (SSSR count). The molecular weight excluding hydrogens is 531 g/mol. The molecule has 0 bridgehead atoms. The standard InChI is InChI=1S/C32H42Cl2N2O3/c1-22(2)19-36(20-23-7-8-23)14-13-31(25-5-4-6-27(37)17-25)18-26(11-12-32(31,21-36)39-3)35-30(38)16-24-9-10-28(33)29(34)15-24/h4-6,9-10,15,17,22-23,26H,7-8,11-14,16,18-21H2,1-3H3,(H-,35,37,38)/p+1/t26-,31+,32?,36-/m0/s1. The Bertz CT molecular complexity index is 1200. The van der Waals surface area contributed by atoms with Gasteiger partial charge < -0.3 is 19.6 Å². The second kappa shape index (κ2) is 11.2. The van der Waals surface area contributed by atoms with Crippen molar-refractivity contribution in [3.8, 4) is 5.75 Å². The maximum atomic E-state index is 13.2. The van der Waals surface area contributed by atoms with Crippen LogP contribution in [0, 0.1) is 11.8 Å². The van der Waals surface area contributed by atoms with Gasteiger partial charge in [0.15, 0.2) is 0 Å². The van der Waals surface area contributed by atoms with Gasteiger partial charge in [-0.05, 0) is 67.5 Å². The number of halogens is 2. The lowest BCUT2D eigenvalue weighted by molar-refractivity contribution is -0.945. The molecule has 1 heterocycles. The first-order valence-corrected chi connectivity index (χ1v) is 15.3. The smallest absolute Gasteiger partial charge is 0.224 e. The molecule has 3 aliphatic rings. The number of amides is 1. The maximum Gasteiger partial charge on any atom is 0.224 e. The maximum absolute atomic E-state index is 13.2. The average Bonchev–Trinajstić information content (AvgIpc) is 3.69. The number of phenolic OH excluding ortho intramolecular Hbond substituents is 1. The summed E-state index contributed by atoms with van der Waals surface area (Å²) < 4.78 is 7.77. The van der Waals surface area contributed by atoms with Crippen LogP contribution in [0.1, 0.15) is 63.5 Å². The molecule has 0 spiro atoms. The molecule has 1 unspecified atom stereocenters. The number of piperidine rings is 1. The van der Waals surface area contributed by atoms with Crippen molar-refractivity contribution in [2.45, 2.75) is 75.9 Å². The number of phenols is 1. The topological polar surface area (TPSA) is 58.6 Å². The number of nitrogens with one attached hydrogen (secondary N) is 1. The van der Waals surface area contributed by atoms with E-state index in [0.717, 1.165) is 60.3 Å². The minimum Gasteiger partial charge on any atom is -0.508 e. The Labute approximate surface area is 243 Å². The summed E-state index contributed by atoms with van der Waals surface area (Å²) in [6.07, 6.45) is 6.47. The van der Waals surface area contributed by atoms with Gasteiger partial charge in [0.25, 0.3) is 0 Å². The first-order chi connectivity index (χ1) is 18.6. The molecule has 1 amide bonds. The SMILES string of the molecule is COC12CC[C@H](NC(=O)Cc3ccc(Cl)c(Cl)c3)C[C@@]1(c1cccc(O)c1)CC[N@+](CC(C)C)(CC1CC1)C2. The van der Waals surface area contributed by atoms with E-state index in [-0.39, 0.29) is 35.1 Å². The molecule has 2 saturated carbocycles. The Morgan fingerprint density at radius 2 is 1.92 bits per heavy atom. The molecule has 4 atom stereocenters. The van der Waals surface area contributed by atoms with Crippen LogP contribution in [-0.4, -0.2) is 60.4 Å². The van der Waals surface area contributed by atoms with Crippen LogP contribution in [0.2, 0.25) is 10.0 Å². The van der Waals surface area contributed by atoms with Gasteiger partial charge >= 0.3 is 0 Å². The lowest BCUT2D eigenvalue weighted by atomic mass is 9.54. The molecule has 39 heavy (non-hydrogen) atoms. The van der Waals surface area contributed by atoms with Gasteiger partial charge in [0.2, 0.25) is 5.91 Å². The Morgan fingerprint density at radius 3 is 2.59 bits per heavy atom. The minimum absolute atomic E-state index is 0.0103. The molecule has 1 saturated heterocycles. The van der Waals surface area contributed by atoms with Gasteiger partial charge in [0, 0.05) is 36.8 Å². The molecule has 5 nitrogen and oxygen atoms in total. The fourth-order valence-corrected chi connectivity index (χ4v) is 8.22. The van der Waals surface area contributed by atoms with Gasteiger partial charge in [-0.1, -0.05) is 55.2 Å². The van der Waals surface area contributed by atoms with E-state index in [0.29, 0.717) is 16.0 Å². The van der Waals surface area contributed by atoms with Crippen LogP contribution < -0.4 is 5.32 Å². The molecule has 0 aromatic heterocycles. The van der Waals surface area contributed by atoms with Crippen molar-refractivity contribution in [3.05, 3.63) is 63.6 Å². The predicted molar refractivity (Wildman–Crippen MR) is 157 cm³/mol. The van der Waals surface area contributed by atoms with Crippen LogP contribution in [0.3, 0.4) is 0 Å². The number of quaternary nitrogens is 1. The zero-order valence-electron chi connectivity index (χ0n) is 23.5. The molecule has 2 aliphatic carbocycles. The van der Waals surface area contributed by atoms with Gasteiger partial charge in [-0.15, -0.1) is 0 Å². The number of nitrogens with zero attached hydrogens (tertiary/aromatic N) is 1. The first kappa shape index (κ1) is 28.7. The number of carbonyl (C=O) groups excluding carboxylic acids is 1. The van der Waals surface area contributed by atoms with Crippen LogP contribution in [0.25, 0.3) is 0 Å². The molecule has 2 N–H and O–H groups in total. The molecule has 7 heteroatoms. The number of carbonyl (C=O) groups is 1. The molecule has 1 aliphatic heterocycles. The highest BCUT2D eigenvalue weighted by atomic mass is 35.5. The monoisotopic (exact) mass is 573 g/mol. The second-order valence-corrected chi connectivity index (χ2v) is 13.8. The van der Waals surface area contributed by atoms with E-state index < -0.39 is 0 Å². The van der Waals surface area contributed by atoms with E-state index in [2.05, 4.69) is 25.2 Å². The third-order valence-corrected chi connectivity index (χ3v) is 10.3. The summed E-state index contributed by atoms with van der Waals surface area (Å²) in [6, 6.07) is 13.1. The van der Waals surface area contributed by atoms with E-state index in [9.17, 15) is 9.90 Å². The highest BCUT2D eigenvalue weighted by Gasteiger charge is 2.63. The van der Waals surface area contributed by atoms with Crippen molar-refractivity contribution in [2.75, 3.05) is 33.3 Å². The van der Waals surface area contributed by atoms with Crippen molar-refractivity contribution in [3.63, 3.8) is 0 Å². The van der Waals surface area contributed by atoms with Gasteiger partial charge in [0.1, 0.15) is 17.9 Å². The number of rotatable bonds is 9. The number of methoxy groups -OCH3 is 1. The average molecular weight is 575 g/mol. The van der Waals surface area contributed by atoms with Crippen molar-refractivity contribution in [1.82, 2.24) is 5.32 Å². The fourth-order valence-electron chi connectivity index (χ4n) is 7.90. The predicted octanol–water partition coefficient (Wildman–Crippen LogP) is 6.52. The number of benzene rings is 2. The fraction of sp³-hybridized carbons (Fsp3) is 0.594. The van der Waals surface area contributed by atoms with Crippen LogP contribution >= 0.6 is 23.2 Å². The summed E-state index contributed by atoms with van der Waals surface area (Å²) in [5, 5.41) is 14.8. The van der Waals surface area contributed by atoms with Gasteiger partial charge in [0.05, 0.1) is 36.1 Å². The van der Waals surface area contributed by atoms with Gasteiger partial charge in [-0.3, -0.25) is 4.79 Å².